The van der Waals surface area contributed by atoms with E-state index in [2.05, 4.69) is 32.2 Å². The molecule has 1 atom stereocenters. The van der Waals surface area contributed by atoms with Crippen molar-refractivity contribution < 1.29 is 9.90 Å². The average Bonchev–Trinajstić information content (AvgIpc) is 2.27. The van der Waals surface area contributed by atoms with E-state index in [0.29, 0.717) is 10.3 Å². The standard InChI is InChI=1S/C11H11BrN2O2/c1-3-7(4-2)14-10-5-8(11(15)16)9(12)6-13-10/h1,5-7H,4H2,2H3,(H,13,14)(H,15,16). The maximum atomic E-state index is 10.9. The molecule has 0 saturated carbocycles. The molecule has 1 unspecified atom stereocenters. The summed E-state index contributed by atoms with van der Waals surface area (Å²) in [5.41, 5.74) is 0.157. The number of pyridine rings is 1. The van der Waals surface area contributed by atoms with Crippen LogP contribution in [0.5, 0.6) is 0 Å². The molecule has 0 amide bonds. The Bertz CT molecular complexity index is 440. The lowest BCUT2D eigenvalue weighted by Gasteiger charge is -2.11. The van der Waals surface area contributed by atoms with Crippen molar-refractivity contribution >= 4 is 27.7 Å². The van der Waals surface area contributed by atoms with E-state index in [1.807, 2.05) is 6.92 Å². The summed E-state index contributed by atoms with van der Waals surface area (Å²) in [6.07, 6.45) is 7.48. The van der Waals surface area contributed by atoms with Crippen molar-refractivity contribution in [3.63, 3.8) is 0 Å². The Morgan fingerprint density at radius 1 is 1.81 bits per heavy atom. The Hall–Kier alpha value is -1.54. The van der Waals surface area contributed by atoms with Crippen LogP contribution in [0.25, 0.3) is 0 Å². The molecule has 0 saturated heterocycles. The number of hydrogen-bond donors (Lipinski definition) is 2. The Morgan fingerprint density at radius 2 is 2.50 bits per heavy atom. The maximum Gasteiger partial charge on any atom is 0.337 e. The van der Waals surface area contributed by atoms with Crippen LogP contribution >= 0.6 is 15.9 Å². The Morgan fingerprint density at radius 3 is 3.00 bits per heavy atom. The number of terminal acetylenes is 1. The number of carbonyl (C=O) groups is 1. The van der Waals surface area contributed by atoms with E-state index in [1.165, 1.54) is 12.3 Å². The van der Waals surface area contributed by atoms with E-state index in [0.717, 1.165) is 6.42 Å². The first-order valence-corrected chi connectivity index (χ1v) is 5.49. The Labute approximate surface area is 102 Å². The lowest BCUT2D eigenvalue weighted by Crippen LogP contribution is -2.17. The fourth-order valence-corrected chi connectivity index (χ4v) is 1.51. The summed E-state index contributed by atoms with van der Waals surface area (Å²) >= 11 is 3.12. The van der Waals surface area contributed by atoms with Crippen LogP contribution in [0.15, 0.2) is 16.7 Å². The third kappa shape index (κ3) is 2.97. The highest BCUT2D eigenvalue weighted by atomic mass is 79.9. The quantitative estimate of drug-likeness (QED) is 0.833. The summed E-state index contributed by atoms with van der Waals surface area (Å²) in [6, 6.07) is 1.31. The van der Waals surface area contributed by atoms with Gasteiger partial charge < -0.3 is 10.4 Å². The average molecular weight is 283 g/mol. The number of aromatic nitrogens is 1. The van der Waals surface area contributed by atoms with E-state index in [-0.39, 0.29) is 11.6 Å². The molecule has 1 aromatic rings. The second kappa shape index (κ2) is 5.52. The van der Waals surface area contributed by atoms with Gasteiger partial charge in [-0.2, -0.15) is 0 Å². The second-order valence-electron chi connectivity index (χ2n) is 3.13. The molecule has 0 aromatic carbocycles. The molecule has 2 N–H and O–H groups in total. The highest BCUT2D eigenvalue weighted by Crippen LogP contribution is 2.19. The van der Waals surface area contributed by atoms with Crippen LogP contribution in [0.2, 0.25) is 0 Å². The van der Waals surface area contributed by atoms with Gasteiger partial charge in [-0.1, -0.05) is 12.8 Å². The Balaban J connectivity index is 2.96. The number of nitrogens with one attached hydrogen (secondary N) is 1. The van der Waals surface area contributed by atoms with Crippen molar-refractivity contribution in [3.05, 3.63) is 22.3 Å². The van der Waals surface area contributed by atoms with Crippen LogP contribution in [-0.2, 0) is 0 Å². The number of rotatable bonds is 4. The molecule has 5 heteroatoms. The molecule has 84 valence electrons. The normalized spacial score (nSPS) is 11.6. The zero-order valence-corrected chi connectivity index (χ0v) is 10.3. The highest BCUT2D eigenvalue weighted by molar-refractivity contribution is 9.10. The summed E-state index contributed by atoms with van der Waals surface area (Å²) in [7, 11) is 0. The molecule has 4 nitrogen and oxygen atoms in total. The fraction of sp³-hybridized carbons (Fsp3) is 0.273. The molecule has 1 aromatic heterocycles. The van der Waals surface area contributed by atoms with Crippen molar-refractivity contribution in [3.8, 4) is 12.3 Å². The molecule has 0 aliphatic rings. The van der Waals surface area contributed by atoms with Crippen molar-refractivity contribution in [2.24, 2.45) is 0 Å². The van der Waals surface area contributed by atoms with Crippen molar-refractivity contribution in [1.82, 2.24) is 4.98 Å². The molecule has 0 bridgehead atoms. The molecular formula is C11H11BrN2O2. The predicted octanol–water partition coefficient (Wildman–Crippen LogP) is 2.37. The third-order valence-corrected chi connectivity index (χ3v) is 2.65. The minimum atomic E-state index is -1.01. The number of carboxylic acid groups (broad SMARTS) is 1. The molecule has 0 spiro atoms. The van der Waals surface area contributed by atoms with Crippen LogP contribution < -0.4 is 5.32 Å². The SMILES string of the molecule is C#CC(CC)Nc1cc(C(=O)O)c(Br)cn1. The van der Waals surface area contributed by atoms with Crippen LogP contribution in [0.3, 0.4) is 0 Å². The van der Waals surface area contributed by atoms with Gasteiger partial charge >= 0.3 is 5.97 Å². The second-order valence-corrected chi connectivity index (χ2v) is 3.98. The van der Waals surface area contributed by atoms with Crippen molar-refractivity contribution in [1.29, 1.82) is 0 Å². The fourth-order valence-electron chi connectivity index (χ4n) is 1.12. The first-order chi connectivity index (χ1) is 7.58. The van der Waals surface area contributed by atoms with E-state index in [1.54, 1.807) is 0 Å². The number of halogens is 1. The van der Waals surface area contributed by atoms with Gasteiger partial charge in [-0.05, 0) is 28.4 Å². The van der Waals surface area contributed by atoms with Gasteiger partial charge in [0.25, 0.3) is 0 Å². The smallest absolute Gasteiger partial charge is 0.337 e. The lowest BCUT2D eigenvalue weighted by molar-refractivity contribution is 0.0696. The lowest BCUT2D eigenvalue weighted by atomic mass is 10.2. The molecule has 0 aliphatic heterocycles. The largest absolute Gasteiger partial charge is 0.478 e. The molecular weight excluding hydrogens is 272 g/mol. The minimum absolute atomic E-state index is 0.143. The highest BCUT2D eigenvalue weighted by Gasteiger charge is 2.11. The molecule has 0 aliphatic carbocycles. The topological polar surface area (TPSA) is 62.2 Å². The number of anilines is 1. The summed E-state index contributed by atoms with van der Waals surface area (Å²) in [4.78, 5) is 14.9. The molecule has 1 rings (SSSR count). The van der Waals surface area contributed by atoms with E-state index in [9.17, 15) is 4.79 Å². The zero-order chi connectivity index (χ0) is 12.1. The van der Waals surface area contributed by atoms with Gasteiger partial charge in [0.2, 0.25) is 0 Å². The zero-order valence-electron chi connectivity index (χ0n) is 8.70. The van der Waals surface area contributed by atoms with Gasteiger partial charge in [0.05, 0.1) is 16.1 Å². The van der Waals surface area contributed by atoms with Gasteiger partial charge in [-0.25, -0.2) is 9.78 Å². The molecule has 1 heterocycles. The van der Waals surface area contributed by atoms with E-state index < -0.39 is 5.97 Å². The van der Waals surface area contributed by atoms with Gasteiger partial charge in [-0.3, -0.25) is 0 Å². The van der Waals surface area contributed by atoms with E-state index >= 15 is 0 Å². The summed E-state index contributed by atoms with van der Waals surface area (Å²) in [5, 5.41) is 11.9. The van der Waals surface area contributed by atoms with Gasteiger partial charge in [0.1, 0.15) is 5.82 Å². The minimum Gasteiger partial charge on any atom is -0.478 e. The summed E-state index contributed by atoms with van der Waals surface area (Å²) in [6.45, 7) is 1.94. The van der Waals surface area contributed by atoms with Gasteiger partial charge in [-0.15, -0.1) is 6.42 Å². The monoisotopic (exact) mass is 282 g/mol. The number of aromatic carboxylic acids is 1. The predicted molar refractivity (Wildman–Crippen MR) is 65.4 cm³/mol. The van der Waals surface area contributed by atoms with Crippen molar-refractivity contribution in [2.45, 2.75) is 19.4 Å². The summed E-state index contributed by atoms with van der Waals surface area (Å²) in [5.74, 6) is 2.01. The first-order valence-electron chi connectivity index (χ1n) is 4.70. The van der Waals surface area contributed by atoms with Crippen LogP contribution in [0.1, 0.15) is 23.7 Å². The van der Waals surface area contributed by atoms with Gasteiger partial charge in [0, 0.05) is 6.20 Å². The van der Waals surface area contributed by atoms with Gasteiger partial charge in [0.15, 0.2) is 0 Å². The van der Waals surface area contributed by atoms with Crippen LogP contribution in [-0.4, -0.2) is 22.1 Å². The summed E-state index contributed by atoms with van der Waals surface area (Å²) < 4.78 is 0.444. The molecule has 0 fully saturated rings. The molecule has 0 radical (unpaired) electrons. The third-order valence-electron chi connectivity index (χ3n) is 2.02. The number of carboxylic acids is 1. The maximum absolute atomic E-state index is 10.9. The first kappa shape index (κ1) is 12.5. The number of hydrogen-bond acceptors (Lipinski definition) is 3. The van der Waals surface area contributed by atoms with Crippen LogP contribution in [0, 0.1) is 12.3 Å². The molecule has 16 heavy (non-hydrogen) atoms. The van der Waals surface area contributed by atoms with Crippen molar-refractivity contribution in [2.75, 3.05) is 5.32 Å². The Kier molecular flexibility index (Phi) is 4.32. The number of nitrogens with zero attached hydrogens (tertiary/aromatic N) is 1. The van der Waals surface area contributed by atoms with Crippen LogP contribution in [0.4, 0.5) is 5.82 Å². The van der Waals surface area contributed by atoms with E-state index in [4.69, 9.17) is 11.5 Å².